The van der Waals surface area contributed by atoms with Crippen LogP contribution in [0.1, 0.15) is 45.9 Å². The third kappa shape index (κ3) is 4.07. The lowest BCUT2D eigenvalue weighted by Crippen LogP contribution is -2.40. The largest absolute Gasteiger partial charge is 0.375 e. The van der Waals surface area contributed by atoms with Crippen molar-refractivity contribution in [1.29, 1.82) is 0 Å². The molecular weight excluding hydrogens is 252 g/mol. The molecule has 0 spiro atoms. The molecule has 0 amide bonds. The van der Waals surface area contributed by atoms with E-state index in [0.717, 1.165) is 49.8 Å². The zero-order valence-electron chi connectivity index (χ0n) is 13.0. The fourth-order valence-corrected chi connectivity index (χ4v) is 2.60. The third-order valence-electron chi connectivity index (χ3n) is 3.55. The first kappa shape index (κ1) is 15.0. The third-order valence-corrected chi connectivity index (χ3v) is 3.55. The van der Waals surface area contributed by atoms with Crippen LogP contribution in [0.15, 0.2) is 6.07 Å². The van der Waals surface area contributed by atoms with E-state index < -0.39 is 0 Å². The van der Waals surface area contributed by atoms with Crippen molar-refractivity contribution in [1.82, 2.24) is 9.97 Å². The van der Waals surface area contributed by atoms with Crippen molar-refractivity contribution < 1.29 is 4.74 Å². The summed E-state index contributed by atoms with van der Waals surface area (Å²) < 4.78 is 5.76. The van der Waals surface area contributed by atoms with E-state index in [9.17, 15) is 0 Å². The van der Waals surface area contributed by atoms with E-state index in [4.69, 9.17) is 4.74 Å². The predicted molar refractivity (Wildman–Crippen MR) is 82.2 cm³/mol. The van der Waals surface area contributed by atoms with Gasteiger partial charge in [-0.25, -0.2) is 9.97 Å². The number of hydrogen-bond donors (Lipinski definition) is 2. The molecule has 0 bridgehead atoms. The van der Waals surface area contributed by atoms with Gasteiger partial charge < -0.3 is 15.4 Å². The first-order chi connectivity index (χ1) is 9.52. The fourth-order valence-electron chi connectivity index (χ4n) is 2.60. The smallest absolute Gasteiger partial charge is 0.133 e. The average Bonchev–Trinajstić information content (AvgIpc) is 2.37. The Morgan fingerprint density at radius 3 is 2.75 bits per heavy atom. The Hall–Kier alpha value is -1.36. The molecule has 5 nitrogen and oxygen atoms in total. The standard InChI is InChI=1S/C15H26N4O/c1-5-6-12-18-13(16-4)9-14(19-12)17-11-7-8-20-15(2,3)10-11/h9,11H,5-8,10H2,1-4H3,(H2,16,17,18,19). The lowest BCUT2D eigenvalue weighted by atomic mass is 9.94. The molecule has 2 heterocycles. The lowest BCUT2D eigenvalue weighted by molar-refractivity contribution is -0.0553. The topological polar surface area (TPSA) is 59.1 Å². The van der Waals surface area contributed by atoms with Gasteiger partial charge in [-0.05, 0) is 33.1 Å². The SMILES string of the molecule is CCCc1nc(NC)cc(NC2CCOC(C)(C)C2)n1. The van der Waals surface area contributed by atoms with Gasteiger partial charge in [-0.2, -0.15) is 0 Å². The van der Waals surface area contributed by atoms with Crippen LogP contribution in [0.25, 0.3) is 0 Å². The molecular formula is C15H26N4O. The number of ether oxygens (including phenoxy) is 1. The first-order valence-corrected chi connectivity index (χ1v) is 7.48. The van der Waals surface area contributed by atoms with E-state index >= 15 is 0 Å². The van der Waals surface area contributed by atoms with Gasteiger partial charge in [-0.3, -0.25) is 0 Å². The van der Waals surface area contributed by atoms with Gasteiger partial charge in [0.05, 0.1) is 5.60 Å². The minimum Gasteiger partial charge on any atom is -0.375 e. The summed E-state index contributed by atoms with van der Waals surface area (Å²) in [6.07, 6.45) is 3.97. The van der Waals surface area contributed by atoms with E-state index in [0.29, 0.717) is 6.04 Å². The highest BCUT2D eigenvalue weighted by Crippen LogP contribution is 2.26. The number of nitrogens with zero attached hydrogens (tertiary/aromatic N) is 2. The molecule has 1 fully saturated rings. The summed E-state index contributed by atoms with van der Waals surface area (Å²) in [5, 5.41) is 6.64. The number of hydrogen-bond acceptors (Lipinski definition) is 5. The highest BCUT2D eigenvalue weighted by atomic mass is 16.5. The quantitative estimate of drug-likeness (QED) is 0.867. The van der Waals surface area contributed by atoms with E-state index in [-0.39, 0.29) is 5.60 Å². The van der Waals surface area contributed by atoms with Gasteiger partial charge in [-0.15, -0.1) is 0 Å². The van der Waals surface area contributed by atoms with E-state index in [1.807, 2.05) is 13.1 Å². The van der Waals surface area contributed by atoms with Crippen LogP contribution in [0, 0.1) is 0 Å². The normalized spacial score (nSPS) is 21.5. The van der Waals surface area contributed by atoms with Crippen molar-refractivity contribution in [2.75, 3.05) is 24.3 Å². The second-order valence-electron chi connectivity index (χ2n) is 6.00. The summed E-state index contributed by atoms with van der Waals surface area (Å²) >= 11 is 0. The van der Waals surface area contributed by atoms with Gasteiger partial charge in [0, 0.05) is 32.2 Å². The molecule has 1 saturated heterocycles. The summed E-state index contributed by atoms with van der Waals surface area (Å²) in [5.41, 5.74) is -0.0545. The number of aryl methyl sites for hydroxylation is 1. The summed E-state index contributed by atoms with van der Waals surface area (Å²) in [5.74, 6) is 2.68. The molecule has 2 rings (SSSR count). The molecule has 112 valence electrons. The van der Waals surface area contributed by atoms with Gasteiger partial charge in [0.15, 0.2) is 0 Å². The van der Waals surface area contributed by atoms with Crippen LogP contribution < -0.4 is 10.6 Å². The summed E-state index contributed by atoms with van der Waals surface area (Å²) in [6.45, 7) is 7.23. The van der Waals surface area contributed by atoms with Crippen LogP contribution in [-0.4, -0.2) is 35.3 Å². The number of nitrogens with one attached hydrogen (secondary N) is 2. The highest BCUT2D eigenvalue weighted by Gasteiger charge is 2.28. The van der Waals surface area contributed by atoms with E-state index in [1.165, 1.54) is 0 Å². The first-order valence-electron chi connectivity index (χ1n) is 7.48. The molecule has 0 saturated carbocycles. The molecule has 1 aromatic rings. The van der Waals surface area contributed by atoms with Gasteiger partial charge in [0.25, 0.3) is 0 Å². The molecule has 20 heavy (non-hydrogen) atoms. The molecule has 0 aliphatic carbocycles. The van der Waals surface area contributed by atoms with Crippen molar-refractivity contribution in [3.8, 4) is 0 Å². The Labute approximate surface area is 121 Å². The minimum absolute atomic E-state index is 0.0545. The van der Waals surface area contributed by atoms with Crippen LogP contribution in [-0.2, 0) is 11.2 Å². The lowest BCUT2D eigenvalue weighted by Gasteiger charge is -2.36. The maximum absolute atomic E-state index is 5.76. The van der Waals surface area contributed by atoms with Crippen molar-refractivity contribution in [3.05, 3.63) is 11.9 Å². The Kier molecular flexibility index (Phi) is 4.81. The molecule has 2 N–H and O–H groups in total. The molecule has 0 aromatic carbocycles. The van der Waals surface area contributed by atoms with Crippen molar-refractivity contribution in [2.24, 2.45) is 0 Å². The van der Waals surface area contributed by atoms with Gasteiger partial charge in [0.2, 0.25) is 0 Å². The zero-order valence-corrected chi connectivity index (χ0v) is 13.0. The second-order valence-corrected chi connectivity index (χ2v) is 6.00. The molecule has 1 aliphatic rings. The summed E-state index contributed by atoms with van der Waals surface area (Å²) in [6, 6.07) is 2.38. The summed E-state index contributed by atoms with van der Waals surface area (Å²) in [4.78, 5) is 9.09. The Morgan fingerprint density at radius 2 is 2.10 bits per heavy atom. The second kappa shape index (κ2) is 6.39. The Balaban J connectivity index is 2.09. The number of aromatic nitrogens is 2. The van der Waals surface area contributed by atoms with E-state index in [2.05, 4.69) is 41.4 Å². The Bertz CT molecular complexity index is 447. The molecule has 1 unspecified atom stereocenters. The maximum atomic E-state index is 5.76. The van der Waals surface area contributed by atoms with Crippen LogP contribution in [0.3, 0.4) is 0 Å². The summed E-state index contributed by atoms with van der Waals surface area (Å²) in [7, 11) is 1.89. The molecule has 1 aromatic heterocycles. The van der Waals surface area contributed by atoms with Gasteiger partial charge >= 0.3 is 0 Å². The average molecular weight is 278 g/mol. The van der Waals surface area contributed by atoms with Crippen LogP contribution in [0.2, 0.25) is 0 Å². The number of rotatable bonds is 5. The molecule has 0 radical (unpaired) electrons. The van der Waals surface area contributed by atoms with E-state index in [1.54, 1.807) is 0 Å². The van der Waals surface area contributed by atoms with Crippen molar-refractivity contribution >= 4 is 11.6 Å². The van der Waals surface area contributed by atoms with Crippen LogP contribution in [0.4, 0.5) is 11.6 Å². The van der Waals surface area contributed by atoms with Crippen molar-refractivity contribution in [3.63, 3.8) is 0 Å². The van der Waals surface area contributed by atoms with Gasteiger partial charge in [0.1, 0.15) is 17.5 Å². The van der Waals surface area contributed by atoms with Crippen LogP contribution >= 0.6 is 0 Å². The number of anilines is 2. The minimum atomic E-state index is -0.0545. The molecule has 1 atom stereocenters. The Morgan fingerprint density at radius 1 is 1.35 bits per heavy atom. The maximum Gasteiger partial charge on any atom is 0.133 e. The monoisotopic (exact) mass is 278 g/mol. The zero-order chi connectivity index (χ0) is 14.6. The van der Waals surface area contributed by atoms with Crippen molar-refractivity contribution in [2.45, 2.75) is 58.1 Å². The molecule has 1 aliphatic heterocycles. The highest BCUT2D eigenvalue weighted by molar-refractivity contribution is 5.47. The van der Waals surface area contributed by atoms with Crippen LogP contribution in [0.5, 0.6) is 0 Å². The fraction of sp³-hybridized carbons (Fsp3) is 0.733. The predicted octanol–water partition coefficient (Wildman–Crippen LogP) is 2.84. The van der Waals surface area contributed by atoms with Gasteiger partial charge in [-0.1, -0.05) is 6.92 Å². The molecule has 5 heteroatoms.